The number of nitrogens with one attached hydrogen (secondary N) is 1. The van der Waals surface area contributed by atoms with Crippen LogP contribution < -0.4 is 44.7 Å². The van der Waals surface area contributed by atoms with Crippen molar-refractivity contribution in [1.29, 1.82) is 0 Å². The molecule has 0 atom stereocenters. The monoisotopic (exact) mass is 588 g/mol. The minimum absolute atomic E-state index is 0. The second-order valence-electron chi connectivity index (χ2n) is 10.0. The van der Waals surface area contributed by atoms with Gasteiger partial charge in [0.2, 0.25) is 15.9 Å². The van der Waals surface area contributed by atoms with E-state index in [1.165, 1.54) is 40.7 Å². The van der Waals surface area contributed by atoms with Crippen molar-refractivity contribution in [2.45, 2.75) is 55.4 Å². The van der Waals surface area contributed by atoms with Gasteiger partial charge in [-0.15, -0.1) is 0 Å². The van der Waals surface area contributed by atoms with Gasteiger partial charge in [-0.05, 0) is 67.6 Å². The van der Waals surface area contributed by atoms with Crippen LogP contribution in [-0.4, -0.2) is 65.0 Å². The summed E-state index contributed by atoms with van der Waals surface area (Å²) < 4.78 is 55.9. The first kappa shape index (κ1) is 33.2. The zero-order valence-electron chi connectivity index (χ0n) is 22.7. The molecule has 3 rings (SSSR count). The Bertz CT molecular complexity index is 1350. The molecule has 0 aliphatic carbocycles. The third-order valence-electron chi connectivity index (χ3n) is 6.60. The van der Waals surface area contributed by atoms with Crippen molar-refractivity contribution in [1.82, 2.24) is 9.62 Å². The maximum absolute atomic E-state index is 12.9. The molecule has 13 heteroatoms. The van der Waals surface area contributed by atoms with Gasteiger partial charge < -0.3 is 20.0 Å². The molecule has 39 heavy (non-hydrogen) atoms. The van der Waals surface area contributed by atoms with Crippen LogP contribution in [0.3, 0.4) is 0 Å². The predicted octanol–water partition coefficient (Wildman–Crippen LogP) is -1.39. The van der Waals surface area contributed by atoms with Crippen LogP contribution >= 0.6 is 0 Å². The largest absolute Gasteiger partial charge is 1.00 e. The molecule has 1 fully saturated rings. The van der Waals surface area contributed by atoms with Crippen LogP contribution in [0.1, 0.15) is 49.9 Å². The van der Waals surface area contributed by atoms with Gasteiger partial charge in [-0.1, -0.05) is 26.0 Å². The van der Waals surface area contributed by atoms with E-state index in [-0.39, 0.29) is 70.0 Å². The van der Waals surface area contributed by atoms with Gasteiger partial charge in [0.05, 0.1) is 22.4 Å². The molecular weight excluding hydrogens is 555 g/mol. The van der Waals surface area contributed by atoms with Gasteiger partial charge in [-0.25, -0.2) is 16.8 Å². The van der Waals surface area contributed by atoms with Gasteiger partial charge in [0, 0.05) is 30.8 Å². The first-order valence-corrected chi connectivity index (χ1v) is 15.6. The van der Waals surface area contributed by atoms with Crippen molar-refractivity contribution in [2.75, 3.05) is 26.0 Å². The average molecular weight is 589 g/mol. The number of rotatable bonds is 11. The predicted molar refractivity (Wildman–Crippen MR) is 139 cm³/mol. The van der Waals surface area contributed by atoms with Crippen molar-refractivity contribution in [2.24, 2.45) is 5.41 Å². The Kier molecular flexibility index (Phi) is 11.6. The minimum Gasteiger partial charge on any atom is -0.545 e. The first-order valence-electron chi connectivity index (χ1n) is 12.3. The molecule has 0 unspecified atom stereocenters. The van der Waals surface area contributed by atoms with Crippen molar-refractivity contribution in [3.8, 4) is 5.75 Å². The Hall–Kier alpha value is -1.96. The number of piperidine rings is 1. The summed E-state index contributed by atoms with van der Waals surface area (Å²) in [6.07, 6.45) is 3.25. The average Bonchev–Trinajstić information content (AvgIpc) is 2.86. The summed E-state index contributed by atoms with van der Waals surface area (Å²) in [7, 11) is -7.03. The van der Waals surface area contributed by atoms with Gasteiger partial charge in [-0.3, -0.25) is 4.79 Å². The molecule has 1 heterocycles. The topological polar surface area (TPSA) is 150 Å². The third kappa shape index (κ3) is 9.02. The van der Waals surface area contributed by atoms with E-state index in [0.717, 1.165) is 6.26 Å². The zero-order chi connectivity index (χ0) is 28.1. The summed E-state index contributed by atoms with van der Waals surface area (Å²) >= 11 is 0. The number of hydrogen-bond acceptors (Lipinski definition) is 8. The fourth-order valence-corrected chi connectivity index (χ4v) is 6.23. The van der Waals surface area contributed by atoms with E-state index >= 15 is 0 Å². The van der Waals surface area contributed by atoms with E-state index in [4.69, 9.17) is 4.74 Å². The molecule has 208 valence electrons. The molecule has 1 aliphatic heterocycles. The van der Waals surface area contributed by atoms with E-state index in [0.29, 0.717) is 38.0 Å². The SMILES string of the molecule is CC(C)(CCCOc1ccc(S(C)(=O)=O)cc1)C(=O)NC1CCN(S(=O)(=O)c2ccc(C(=O)[O-])cc2)CC1.[Na+]. The number of carboxylic acid groups (broad SMARTS) is 1. The number of sulfonamides is 1. The standard InChI is InChI=1S/C26H34N2O8S2.Na/c1-26(2,15-4-18-36-21-7-11-22(12-8-21)37(3,32)33)25(31)27-20-13-16-28(17-14-20)38(34,35)23-9-5-19(6-10-23)24(29)30;/h5-12,20H,4,13-18H2,1-3H3,(H,27,31)(H,29,30);/q;+1/p-1. The van der Waals surface area contributed by atoms with Crippen molar-refractivity contribution < 1.29 is 65.8 Å². The van der Waals surface area contributed by atoms with E-state index in [1.807, 2.05) is 13.8 Å². The Morgan fingerprint density at radius 1 is 0.974 bits per heavy atom. The number of nitrogens with zero attached hydrogens (tertiary/aromatic N) is 1. The van der Waals surface area contributed by atoms with Crippen molar-refractivity contribution >= 4 is 31.7 Å². The zero-order valence-corrected chi connectivity index (χ0v) is 26.3. The molecule has 0 saturated carbocycles. The molecule has 1 aliphatic rings. The van der Waals surface area contributed by atoms with Crippen LogP contribution in [0.15, 0.2) is 58.3 Å². The number of sulfone groups is 1. The summed E-state index contributed by atoms with van der Waals surface area (Å²) in [5.74, 6) is -0.937. The Labute approximate surface area is 252 Å². The van der Waals surface area contributed by atoms with Crippen LogP contribution in [0.5, 0.6) is 5.75 Å². The maximum atomic E-state index is 12.9. The molecule has 2 aromatic carbocycles. The number of ether oxygens (including phenoxy) is 1. The normalized spacial score (nSPS) is 15.3. The molecule has 1 N–H and O–H groups in total. The van der Waals surface area contributed by atoms with Crippen molar-refractivity contribution in [3.63, 3.8) is 0 Å². The van der Waals surface area contributed by atoms with Gasteiger partial charge in [-0.2, -0.15) is 4.31 Å². The summed E-state index contributed by atoms with van der Waals surface area (Å²) in [5, 5.41) is 13.9. The molecule has 2 aromatic rings. The fraction of sp³-hybridized carbons (Fsp3) is 0.462. The second-order valence-corrected chi connectivity index (χ2v) is 14.0. The summed E-state index contributed by atoms with van der Waals surface area (Å²) in [6.45, 7) is 4.54. The summed E-state index contributed by atoms with van der Waals surface area (Å²) in [6, 6.07) is 11.0. The van der Waals surface area contributed by atoms with Crippen LogP contribution in [0.2, 0.25) is 0 Å². The van der Waals surface area contributed by atoms with Gasteiger partial charge in [0.1, 0.15) is 5.75 Å². The molecule has 0 bridgehead atoms. The number of amides is 1. The molecule has 1 amide bonds. The molecule has 1 saturated heterocycles. The number of carbonyl (C=O) groups excluding carboxylic acids is 2. The van der Waals surface area contributed by atoms with Crippen LogP contribution in [0, 0.1) is 5.41 Å². The van der Waals surface area contributed by atoms with E-state index in [2.05, 4.69) is 5.32 Å². The minimum atomic E-state index is -3.77. The second kappa shape index (κ2) is 13.6. The summed E-state index contributed by atoms with van der Waals surface area (Å²) in [5.41, 5.74) is -0.754. The van der Waals surface area contributed by atoms with Crippen molar-refractivity contribution in [3.05, 3.63) is 54.1 Å². The van der Waals surface area contributed by atoms with Gasteiger partial charge in [0.15, 0.2) is 9.84 Å². The number of aromatic carboxylic acids is 1. The molecular formula is C26H33N2NaO8S2. The summed E-state index contributed by atoms with van der Waals surface area (Å²) in [4.78, 5) is 24.1. The molecule has 0 aromatic heterocycles. The van der Waals surface area contributed by atoms with Gasteiger partial charge >= 0.3 is 29.6 Å². The third-order valence-corrected chi connectivity index (χ3v) is 9.64. The Morgan fingerprint density at radius 2 is 1.51 bits per heavy atom. The quantitative estimate of drug-likeness (QED) is 0.249. The Morgan fingerprint density at radius 3 is 2.03 bits per heavy atom. The van der Waals surface area contributed by atoms with E-state index in [1.54, 1.807) is 12.1 Å². The van der Waals surface area contributed by atoms with E-state index < -0.39 is 31.2 Å². The van der Waals surface area contributed by atoms with E-state index in [9.17, 15) is 31.5 Å². The van der Waals surface area contributed by atoms with Gasteiger partial charge in [0.25, 0.3) is 0 Å². The molecule has 0 spiro atoms. The van der Waals surface area contributed by atoms with Crippen LogP contribution in [0.4, 0.5) is 0 Å². The number of carboxylic acids is 1. The fourth-order valence-electron chi connectivity index (χ4n) is 4.13. The Balaban J connectivity index is 0.00000533. The van der Waals surface area contributed by atoms with Crippen LogP contribution in [0.25, 0.3) is 0 Å². The van der Waals surface area contributed by atoms with Crippen LogP contribution in [-0.2, 0) is 24.7 Å². The molecule has 0 radical (unpaired) electrons. The molecule has 10 nitrogen and oxygen atoms in total. The number of carbonyl (C=O) groups is 2. The smallest absolute Gasteiger partial charge is 0.545 e. The number of hydrogen-bond donors (Lipinski definition) is 1. The first-order chi connectivity index (χ1) is 17.7. The number of benzene rings is 2. The maximum Gasteiger partial charge on any atom is 1.00 e.